The van der Waals surface area contributed by atoms with E-state index in [2.05, 4.69) is 11.9 Å². The fraction of sp³-hybridized carbons (Fsp3) is 0.308. The molecule has 1 aliphatic carbocycles. The van der Waals surface area contributed by atoms with Gasteiger partial charge in [0, 0.05) is 17.5 Å². The molecule has 0 fully saturated rings. The number of nitrogens with zero attached hydrogens (tertiary/aromatic N) is 1. The zero-order valence-electron chi connectivity index (χ0n) is 18.2. The monoisotopic (exact) mass is 435 g/mol. The first-order valence-corrected chi connectivity index (χ1v) is 10.8. The van der Waals surface area contributed by atoms with Gasteiger partial charge in [0.05, 0.1) is 18.7 Å². The van der Waals surface area contributed by atoms with Gasteiger partial charge in [-0.15, -0.1) is 0 Å². The Kier molecular flexibility index (Phi) is 6.40. The molecule has 0 amide bonds. The third-order valence-electron chi connectivity index (χ3n) is 5.88. The number of rotatable bonds is 7. The van der Waals surface area contributed by atoms with Crippen LogP contribution in [0.3, 0.4) is 0 Å². The van der Waals surface area contributed by atoms with E-state index in [4.69, 9.17) is 14.3 Å². The maximum atomic E-state index is 13.2. The molecule has 0 radical (unpaired) electrons. The number of aryl methyl sites for hydroxylation is 1. The zero-order chi connectivity index (χ0) is 22.7. The molecule has 3 aromatic rings. The largest absolute Gasteiger partial charge is 0.493 e. The summed E-state index contributed by atoms with van der Waals surface area (Å²) >= 11 is 0. The number of allylic oxidation sites excluding steroid dienone is 1. The number of hydrogen-bond acceptors (Lipinski definition) is 4. The highest BCUT2D eigenvalue weighted by Gasteiger charge is 2.23. The molecule has 32 heavy (non-hydrogen) atoms. The van der Waals surface area contributed by atoms with Gasteiger partial charge in [0.2, 0.25) is 5.89 Å². The molecule has 5 nitrogen and oxygen atoms in total. The lowest BCUT2D eigenvalue weighted by Gasteiger charge is -2.27. The van der Waals surface area contributed by atoms with Crippen LogP contribution in [0.4, 0.5) is 4.39 Å². The van der Waals surface area contributed by atoms with Crippen molar-refractivity contribution in [3.63, 3.8) is 0 Å². The topological polar surface area (TPSA) is 72.6 Å². The molecule has 6 heteroatoms. The molecule has 1 atom stereocenters. The van der Waals surface area contributed by atoms with Crippen LogP contribution in [0.25, 0.3) is 17.0 Å². The first-order valence-electron chi connectivity index (χ1n) is 10.8. The lowest BCUT2D eigenvalue weighted by atomic mass is 9.79. The highest BCUT2D eigenvalue weighted by Crippen LogP contribution is 2.39. The van der Waals surface area contributed by atoms with Crippen LogP contribution >= 0.6 is 0 Å². The maximum Gasteiger partial charge on any atom is 0.307 e. The normalized spacial score (nSPS) is 16.7. The van der Waals surface area contributed by atoms with E-state index in [0.717, 1.165) is 52.3 Å². The van der Waals surface area contributed by atoms with Crippen LogP contribution in [-0.4, -0.2) is 22.7 Å². The van der Waals surface area contributed by atoms with E-state index in [1.165, 1.54) is 12.1 Å². The Hall–Kier alpha value is -3.41. The molecule has 0 saturated heterocycles. The third kappa shape index (κ3) is 4.74. The summed E-state index contributed by atoms with van der Waals surface area (Å²) in [5.41, 5.74) is 4.83. The molecular weight excluding hydrogens is 409 g/mol. The number of carboxylic acid groups (broad SMARTS) is 1. The summed E-state index contributed by atoms with van der Waals surface area (Å²) < 4.78 is 25.1. The van der Waals surface area contributed by atoms with Gasteiger partial charge in [0.1, 0.15) is 17.3 Å². The Morgan fingerprint density at radius 2 is 2.06 bits per heavy atom. The van der Waals surface area contributed by atoms with E-state index < -0.39 is 5.97 Å². The van der Waals surface area contributed by atoms with Gasteiger partial charge in [-0.1, -0.05) is 25.1 Å². The van der Waals surface area contributed by atoms with E-state index in [9.17, 15) is 9.18 Å². The Labute approximate surface area is 186 Å². The standard InChI is InChI=1S/C26H26FNO4/c1-16-6-11-22-21(20(16)12-13-25(29)30)4-3-5-24(22)31-15-14-23-17(2)32-26(28-23)18-7-9-19(27)10-8-18/h3-5,7-10,12,16H,6,11,13-15H2,1-2H3,(H,29,30)/b20-12-. The second-order valence-electron chi connectivity index (χ2n) is 8.11. The van der Waals surface area contributed by atoms with Crippen LogP contribution in [0.5, 0.6) is 5.75 Å². The molecule has 1 N–H and O–H groups in total. The second kappa shape index (κ2) is 9.39. The predicted octanol–water partition coefficient (Wildman–Crippen LogP) is 5.85. The number of carboxylic acids is 1. The summed E-state index contributed by atoms with van der Waals surface area (Å²) in [6.45, 7) is 4.44. The van der Waals surface area contributed by atoms with Crippen molar-refractivity contribution in [1.29, 1.82) is 0 Å². The summed E-state index contributed by atoms with van der Waals surface area (Å²) in [5, 5.41) is 9.07. The SMILES string of the molecule is Cc1oc(-c2ccc(F)cc2)nc1CCOc1cccc2c1CCC(C)/C2=C/CC(=O)O. The molecule has 2 aromatic carbocycles. The van der Waals surface area contributed by atoms with Crippen LogP contribution in [0, 0.1) is 18.7 Å². The molecule has 0 spiro atoms. The minimum absolute atomic E-state index is 0.0199. The quantitative estimate of drug-likeness (QED) is 0.504. The van der Waals surface area contributed by atoms with E-state index in [1.807, 2.05) is 31.2 Å². The Morgan fingerprint density at radius 1 is 1.28 bits per heavy atom. The van der Waals surface area contributed by atoms with Crippen molar-refractivity contribution in [2.24, 2.45) is 5.92 Å². The Balaban J connectivity index is 1.47. The number of halogens is 1. The van der Waals surface area contributed by atoms with Gasteiger partial charge < -0.3 is 14.3 Å². The lowest BCUT2D eigenvalue weighted by Crippen LogP contribution is -2.13. The highest BCUT2D eigenvalue weighted by atomic mass is 19.1. The number of hydrogen-bond donors (Lipinski definition) is 1. The molecule has 1 aromatic heterocycles. The number of carbonyl (C=O) groups is 1. The van der Waals surface area contributed by atoms with E-state index in [1.54, 1.807) is 12.1 Å². The summed E-state index contributed by atoms with van der Waals surface area (Å²) in [6.07, 6.45) is 4.28. The minimum atomic E-state index is -0.827. The van der Waals surface area contributed by atoms with Crippen LogP contribution in [0.2, 0.25) is 0 Å². The number of oxazole rings is 1. The maximum absolute atomic E-state index is 13.2. The number of benzene rings is 2. The van der Waals surface area contributed by atoms with Gasteiger partial charge in [-0.3, -0.25) is 4.79 Å². The van der Waals surface area contributed by atoms with Crippen molar-refractivity contribution in [3.8, 4) is 17.2 Å². The molecule has 1 heterocycles. The van der Waals surface area contributed by atoms with Gasteiger partial charge in [-0.2, -0.15) is 0 Å². The Bertz CT molecular complexity index is 1150. The van der Waals surface area contributed by atoms with E-state index in [0.29, 0.717) is 24.8 Å². The molecule has 166 valence electrons. The van der Waals surface area contributed by atoms with E-state index in [-0.39, 0.29) is 12.2 Å². The van der Waals surface area contributed by atoms with Gasteiger partial charge in [0.25, 0.3) is 0 Å². The first kappa shape index (κ1) is 21.8. The van der Waals surface area contributed by atoms with Gasteiger partial charge >= 0.3 is 5.97 Å². The molecular formula is C26H26FNO4. The summed E-state index contributed by atoms with van der Waals surface area (Å²) in [4.78, 5) is 15.6. The van der Waals surface area contributed by atoms with Crippen LogP contribution in [0.15, 0.2) is 53.0 Å². The molecule has 1 unspecified atom stereocenters. The predicted molar refractivity (Wildman–Crippen MR) is 120 cm³/mol. The van der Waals surface area contributed by atoms with Gasteiger partial charge in [-0.05, 0) is 67.2 Å². The molecule has 4 rings (SSSR count). The third-order valence-corrected chi connectivity index (χ3v) is 5.88. The van der Waals surface area contributed by atoms with Gasteiger partial charge in [-0.25, -0.2) is 9.37 Å². The fourth-order valence-electron chi connectivity index (χ4n) is 4.15. The number of ether oxygens (including phenoxy) is 1. The average Bonchev–Trinajstić information content (AvgIpc) is 3.14. The number of aromatic nitrogens is 1. The highest BCUT2D eigenvalue weighted by molar-refractivity contribution is 5.77. The van der Waals surface area contributed by atoms with E-state index >= 15 is 0 Å². The van der Waals surface area contributed by atoms with Crippen molar-refractivity contribution in [2.45, 2.75) is 39.5 Å². The van der Waals surface area contributed by atoms with Crippen molar-refractivity contribution in [1.82, 2.24) is 4.98 Å². The molecule has 0 saturated carbocycles. The van der Waals surface area contributed by atoms with Gasteiger partial charge in [0.15, 0.2) is 0 Å². The van der Waals surface area contributed by atoms with Crippen molar-refractivity contribution in [3.05, 3.63) is 76.9 Å². The summed E-state index contributed by atoms with van der Waals surface area (Å²) in [5.74, 6) is 1.21. The summed E-state index contributed by atoms with van der Waals surface area (Å²) in [6, 6.07) is 12.0. The smallest absolute Gasteiger partial charge is 0.307 e. The minimum Gasteiger partial charge on any atom is -0.493 e. The zero-order valence-corrected chi connectivity index (χ0v) is 18.2. The average molecular weight is 435 g/mol. The van der Waals surface area contributed by atoms with Crippen LogP contribution in [-0.2, 0) is 17.6 Å². The van der Waals surface area contributed by atoms with Crippen molar-refractivity contribution < 1.29 is 23.4 Å². The van der Waals surface area contributed by atoms with Crippen molar-refractivity contribution >= 4 is 11.5 Å². The number of aliphatic carboxylic acids is 1. The first-order chi connectivity index (χ1) is 15.4. The van der Waals surface area contributed by atoms with Crippen molar-refractivity contribution in [2.75, 3.05) is 6.61 Å². The molecule has 0 aliphatic heterocycles. The number of fused-ring (bicyclic) bond motifs is 1. The molecule has 0 bridgehead atoms. The van der Waals surface area contributed by atoms with Crippen LogP contribution in [0.1, 0.15) is 42.3 Å². The second-order valence-corrected chi connectivity index (χ2v) is 8.11. The Morgan fingerprint density at radius 3 is 2.81 bits per heavy atom. The fourth-order valence-corrected chi connectivity index (χ4v) is 4.15. The summed E-state index contributed by atoms with van der Waals surface area (Å²) in [7, 11) is 0. The lowest BCUT2D eigenvalue weighted by molar-refractivity contribution is -0.136. The van der Waals surface area contributed by atoms with Crippen LogP contribution < -0.4 is 4.74 Å². The molecule has 1 aliphatic rings.